The quantitative estimate of drug-likeness (QED) is 0.790. The van der Waals surface area contributed by atoms with Crippen LogP contribution < -0.4 is 11.1 Å². The van der Waals surface area contributed by atoms with E-state index in [4.69, 9.17) is 5.73 Å². The normalized spacial score (nSPS) is 10.3. The first-order chi connectivity index (χ1) is 8.06. The maximum atomic E-state index is 12.9. The summed E-state index contributed by atoms with van der Waals surface area (Å²) >= 11 is 0. The van der Waals surface area contributed by atoms with Crippen molar-refractivity contribution in [3.63, 3.8) is 0 Å². The van der Waals surface area contributed by atoms with Crippen LogP contribution in [0.2, 0.25) is 0 Å². The Morgan fingerprint density at radius 2 is 1.53 bits per heavy atom. The Morgan fingerprint density at radius 3 is 2.06 bits per heavy atom. The highest BCUT2D eigenvalue weighted by Gasteiger charge is 2.10. The number of nitrogens with one attached hydrogen (secondary N) is 1. The molecule has 0 radical (unpaired) electrons. The summed E-state index contributed by atoms with van der Waals surface area (Å²) in [5, 5.41) is 2.52. The van der Waals surface area contributed by atoms with Crippen LogP contribution in [0.15, 0.2) is 24.5 Å². The molecular formula is C10H7F3N4. The van der Waals surface area contributed by atoms with Gasteiger partial charge in [-0.1, -0.05) is 0 Å². The van der Waals surface area contributed by atoms with E-state index in [1.165, 1.54) is 12.4 Å². The summed E-state index contributed by atoms with van der Waals surface area (Å²) in [5.74, 6) is -4.00. The monoisotopic (exact) mass is 240 g/mol. The molecule has 0 bridgehead atoms. The van der Waals surface area contributed by atoms with Crippen molar-refractivity contribution in [1.29, 1.82) is 0 Å². The summed E-state index contributed by atoms with van der Waals surface area (Å²) in [4.78, 5) is 7.54. The van der Waals surface area contributed by atoms with Gasteiger partial charge in [-0.15, -0.1) is 0 Å². The number of rotatable bonds is 2. The molecular weight excluding hydrogens is 233 g/mol. The molecule has 0 fully saturated rings. The first-order valence-electron chi connectivity index (χ1n) is 4.55. The number of nitrogens with two attached hydrogens (primary N) is 1. The highest BCUT2D eigenvalue weighted by Crippen LogP contribution is 2.19. The molecule has 0 amide bonds. The van der Waals surface area contributed by atoms with Gasteiger partial charge in [0, 0.05) is 17.8 Å². The van der Waals surface area contributed by atoms with Gasteiger partial charge in [-0.2, -0.15) is 0 Å². The van der Waals surface area contributed by atoms with Gasteiger partial charge in [0.05, 0.1) is 18.1 Å². The molecule has 0 aliphatic carbocycles. The second-order valence-corrected chi connectivity index (χ2v) is 3.22. The van der Waals surface area contributed by atoms with Gasteiger partial charge in [0.25, 0.3) is 0 Å². The Morgan fingerprint density at radius 1 is 1.00 bits per heavy atom. The van der Waals surface area contributed by atoms with Crippen LogP contribution in [0.25, 0.3) is 0 Å². The number of benzene rings is 1. The molecule has 1 aromatic heterocycles. The lowest BCUT2D eigenvalue weighted by atomic mass is 10.3. The minimum atomic E-state index is -1.52. The topological polar surface area (TPSA) is 63.8 Å². The van der Waals surface area contributed by atoms with Crippen molar-refractivity contribution in [3.05, 3.63) is 42.0 Å². The third kappa shape index (κ3) is 2.44. The Labute approximate surface area is 94.3 Å². The van der Waals surface area contributed by atoms with Crippen molar-refractivity contribution < 1.29 is 13.2 Å². The second-order valence-electron chi connectivity index (χ2n) is 3.22. The van der Waals surface area contributed by atoms with E-state index in [1.54, 1.807) is 0 Å². The van der Waals surface area contributed by atoms with Crippen molar-refractivity contribution in [2.45, 2.75) is 0 Å². The van der Waals surface area contributed by atoms with Crippen LogP contribution in [0, 0.1) is 17.5 Å². The van der Waals surface area contributed by atoms with E-state index in [1.807, 2.05) is 0 Å². The summed E-state index contributed by atoms with van der Waals surface area (Å²) in [7, 11) is 0. The second kappa shape index (κ2) is 4.28. The lowest BCUT2D eigenvalue weighted by Gasteiger charge is -2.05. The highest BCUT2D eigenvalue weighted by molar-refractivity contribution is 5.54. The largest absolute Gasteiger partial charge is 0.396 e. The number of aromatic nitrogens is 2. The van der Waals surface area contributed by atoms with Crippen molar-refractivity contribution in [2.24, 2.45) is 0 Å². The lowest BCUT2D eigenvalue weighted by Crippen LogP contribution is -2.00. The van der Waals surface area contributed by atoms with Gasteiger partial charge in [-0.05, 0) is 0 Å². The van der Waals surface area contributed by atoms with Crippen LogP contribution in [-0.4, -0.2) is 9.97 Å². The van der Waals surface area contributed by atoms with E-state index < -0.39 is 17.5 Å². The van der Waals surface area contributed by atoms with E-state index in [9.17, 15) is 13.2 Å². The summed E-state index contributed by atoms with van der Waals surface area (Å²) in [6.07, 6.45) is 2.65. The Hall–Kier alpha value is -2.31. The minimum absolute atomic E-state index is 0.00571. The number of hydrogen-bond donors (Lipinski definition) is 2. The first kappa shape index (κ1) is 11.2. The zero-order valence-electron chi connectivity index (χ0n) is 8.42. The van der Waals surface area contributed by atoms with Crippen LogP contribution in [-0.2, 0) is 0 Å². The average Bonchev–Trinajstić information content (AvgIpc) is 2.29. The molecule has 3 N–H and O–H groups in total. The third-order valence-corrected chi connectivity index (χ3v) is 1.91. The summed E-state index contributed by atoms with van der Waals surface area (Å²) < 4.78 is 38.5. The van der Waals surface area contributed by atoms with Crippen molar-refractivity contribution in [1.82, 2.24) is 9.97 Å². The standard InChI is InChI=1S/C10H7F3N4/c11-7-1-6(2-8(12)9(7)13)17-10-15-3-5(14)4-16-10/h1-4H,14H2,(H,15,16,17). The zero-order chi connectivity index (χ0) is 12.4. The number of hydrogen-bond acceptors (Lipinski definition) is 4. The molecule has 88 valence electrons. The van der Waals surface area contributed by atoms with Crippen LogP contribution >= 0.6 is 0 Å². The summed E-state index contributed by atoms with van der Waals surface area (Å²) in [5.41, 5.74) is 5.73. The fourth-order valence-electron chi connectivity index (χ4n) is 1.16. The molecule has 7 heteroatoms. The minimum Gasteiger partial charge on any atom is -0.396 e. The fraction of sp³-hybridized carbons (Fsp3) is 0. The van der Waals surface area contributed by atoms with Crippen LogP contribution in [0.5, 0.6) is 0 Å². The van der Waals surface area contributed by atoms with Gasteiger partial charge in [-0.25, -0.2) is 23.1 Å². The third-order valence-electron chi connectivity index (χ3n) is 1.91. The van der Waals surface area contributed by atoms with Crippen LogP contribution in [0.3, 0.4) is 0 Å². The van der Waals surface area contributed by atoms with Crippen LogP contribution in [0.1, 0.15) is 0 Å². The van der Waals surface area contributed by atoms with Crippen molar-refractivity contribution >= 4 is 17.3 Å². The Bertz CT molecular complexity index is 519. The smallest absolute Gasteiger partial charge is 0.227 e. The zero-order valence-corrected chi connectivity index (χ0v) is 8.42. The van der Waals surface area contributed by atoms with Gasteiger partial charge >= 0.3 is 0 Å². The Kier molecular flexibility index (Phi) is 2.82. The number of halogens is 3. The summed E-state index contributed by atoms with van der Waals surface area (Å²) in [6.45, 7) is 0. The van der Waals surface area contributed by atoms with Gasteiger partial charge < -0.3 is 11.1 Å². The van der Waals surface area contributed by atoms with E-state index >= 15 is 0 Å². The molecule has 0 aliphatic heterocycles. The maximum absolute atomic E-state index is 12.9. The fourth-order valence-corrected chi connectivity index (χ4v) is 1.16. The van der Waals surface area contributed by atoms with E-state index in [-0.39, 0.29) is 11.6 Å². The van der Waals surface area contributed by atoms with Crippen molar-refractivity contribution in [3.8, 4) is 0 Å². The first-order valence-corrected chi connectivity index (χ1v) is 4.55. The molecule has 0 aliphatic rings. The molecule has 0 saturated heterocycles. The van der Waals surface area contributed by atoms with Crippen molar-refractivity contribution in [2.75, 3.05) is 11.1 Å². The summed E-state index contributed by atoms with van der Waals surface area (Å²) in [6, 6.07) is 1.61. The van der Waals surface area contributed by atoms with Gasteiger partial charge in [0.2, 0.25) is 5.95 Å². The SMILES string of the molecule is Nc1cnc(Nc2cc(F)c(F)c(F)c2)nc1. The predicted octanol–water partition coefficient (Wildman–Crippen LogP) is 2.22. The molecule has 4 nitrogen and oxygen atoms in total. The molecule has 17 heavy (non-hydrogen) atoms. The molecule has 0 unspecified atom stereocenters. The molecule has 1 aromatic carbocycles. The number of nitrogens with zero attached hydrogens (tertiary/aromatic N) is 2. The van der Waals surface area contributed by atoms with Crippen LogP contribution in [0.4, 0.5) is 30.5 Å². The van der Waals surface area contributed by atoms with Gasteiger partial charge in [0.1, 0.15) is 0 Å². The molecule has 0 saturated carbocycles. The van der Waals surface area contributed by atoms with E-state index in [2.05, 4.69) is 15.3 Å². The molecule has 0 spiro atoms. The lowest BCUT2D eigenvalue weighted by molar-refractivity contribution is 0.448. The van der Waals surface area contributed by atoms with Gasteiger partial charge in [-0.3, -0.25) is 0 Å². The average molecular weight is 240 g/mol. The molecule has 2 aromatic rings. The predicted molar refractivity (Wildman–Crippen MR) is 56.0 cm³/mol. The molecule has 2 rings (SSSR count). The number of anilines is 3. The molecule has 1 heterocycles. The van der Waals surface area contributed by atoms with Gasteiger partial charge in [0.15, 0.2) is 17.5 Å². The maximum Gasteiger partial charge on any atom is 0.227 e. The Balaban J connectivity index is 2.27. The molecule has 0 atom stereocenters. The number of nitrogen functional groups attached to an aromatic ring is 1. The van der Waals surface area contributed by atoms with E-state index in [0.29, 0.717) is 5.69 Å². The highest BCUT2D eigenvalue weighted by atomic mass is 19.2. The van der Waals surface area contributed by atoms with E-state index in [0.717, 1.165) is 12.1 Å².